The van der Waals surface area contributed by atoms with Gasteiger partial charge in [0, 0.05) is 41.7 Å². The average Bonchev–Trinajstić information content (AvgIpc) is 3.13. The summed E-state index contributed by atoms with van der Waals surface area (Å²) in [6, 6.07) is 16.0. The van der Waals surface area contributed by atoms with E-state index >= 15 is 0 Å². The Bertz CT molecular complexity index is 1480. The number of fused-ring (bicyclic) bond motifs is 3. The van der Waals surface area contributed by atoms with Crippen LogP contribution in [-0.4, -0.2) is 50.8 Å². The van der Waals surface area contributed by atoms with Gasteiger partial charge in [0.1, 0.15) is 18.1 Å². The Kier molecular flexibility index (Phi) is 8.80. The molecule has 4 N–H and O–H groups in total. The molecule has 1 atom stereocenters. The van der Waals surface area contributed by atoms with Crippen LogP contribution in [0.2, 0.25) is 0 Å². The maximum Gasteiger partial charge on any atom is 0.573 e. The molecule has 0 amide bonds. The monoisotopic (exact) mass is 559 g/mol. The molecule has 37 heavy (non-hydrogen) atoms. The van der Waals surface area contributed by atoms with E-state index < -0.39 is 22.5 Å². The predicted octanol–water partition coefficient (Wildman–Crippen LogP) is 4.72. The van der Waals surface area contributed by atoms with E-state index in [1.165, 1.54) is 12.1 Å². The van der Waals surface area contributed by atoms with Crippen molar-refractivity contribution in [2.45, 2.75) is 12.5 Å². The van der Waals surface area contributed by atoms with Gasteiger partial charge in [-0.2, -0.15) is 0 Å². The number of benzene rings is 3. The largest absolute Gasteiger partial charge is 0.573 e. The molecular weight excluding hydrogens is 535 g/mol. The summed E-state index contributed by atoms with van der Waals surface area (Å²) in [6.07, 6.45) is -4.55. The fourth-order valence-electron chi connectivity index (χ4n) is 3.78. The molecule has 0 aliphatic rings. The summed E-state index contributed by atoms with van der Waals surface area (Å²) in [5.41, 5.74) is 2.15. The van der Waals surface area contributed by atoms with Crippen molar-refractivity contribution in [3.8, 4) is 11.5 Å². The first-order chi connectivity index (χ1) is 17.0. The molecular formula is C24H25ClF3N3O5S. The van der Waals surface area contributed by atoms with Gasteiger partial charge in [0.05, 0.1) is 23.4 Å². The summed E-state index contributed by atoms with van der Waals surface area (Å²) in [5, 5.41) is 15.1. The molecule has 4 aromatic rings. The Hall–Kier alpha value is -3.19. The van der Waals surface area contributed by atoms with Crippen molar-refractivity contribution in [1.82, 2.24) is 10.3 Å². The van der Waals surface area contributed by atoms with Crippen LogP contribution in [0.15, 0.2) is 60.7 Å². The number of alkyl halides is 3. The van der Waals surface area contributed by atoms with Gasteiger partial charge >= 0.3 is 6.36 Å². The Balaban J connectivity index is 0.00000380. The molecule has 8 nitrogen and oxygen atoms in total. The Morgan fingerprint density at radius 2 is 1.65 bits per heavy atom. The number of aliphatic hydroxyl groups is 1. The minimum Gasteiger partial charge on any atom is -0.492 e. The summed E-state index contributed by atoms with van der Waals surface area (Å²) >= 11 is 0. The molecule has 0 saturated heterocycles. The van der Waals surface area contributed by atoms with Crippen molar-refractivity contribution < 1.29 is 36.2 Å². The van der Waals surface area contributed by atoms with Crippen molar-refractivity contribution in [2.75, 3.05) is 30.7 Å². The molecule has 3 aromatic carbocycles. The molecule has 0 fully saturated rings. The number of sulfonamides is 1. The van der Waals surface area contributed by atoms with Gasteiger partial charge in [-0.05, 0) is 42.0 Å². The number of H-pyrrole nitrogens is 1. The topological polar surface area (TPSA) is 113 Å². The zero-order valence-corrected chi connectivity index (χ0v) is 21.1. The van der Waals surface area contributed by atoms with Gasteiger partial charge in [-0.15, -0.1) is 25.6 Å². The minimum absolute atomic E-state index is 0. The number of hydrogen-bond donors (Lipinski definition) is 4. The van der Waals surface area contributed by atoms with Crippen LogP contribution >= 0.6 is 12.4 Å². The smallest absolute Gasteiger partial charge is 0.492 e. The molecule has 4 rings (SSSR count). The number of aliphatic hydroxyl groups excluding tert-OH is 1. The number of nitrogens with one attached hydrogen (secondary N) is 3. The molecule has 0 aliphatic heterocycles. The highest BCUT2D eigenvalue weighted by atomic mass is 35.5. The maximum atomic E-state index is 12.5. The van der Waals surface area contributed by atoms with Crippen molar-refractivity contribution in [1.29, 1.82) is 0 Å². The second kappa shape index (κ2) is 11.5. The van der Waals surface area contributed by atoms with Crippen molar-refractivity contribution in [2.24, 2.45) is 0 Å². The zero-order chi connectivity index (χ0) is 25.9. The fourth-order valence-corrected chi connectivity index (χ4v) is 4.33. The van der Waals surface area contributed by atoms with Crippen LogP contribution in [0.3, 0.4) is 0 Å². The first kappa shape index (κ1) is 28.4. The van der Waals surface area contributed by atoms with Crippen LogP contribution in [-0.2, 0) is 10.0 Å². The summed E-state index contributed by atoms with van der Waals surface area (Å²) in [4.78, 5) is 3.08. The third-order valence-corrected chi connectivity index (χ3v) is 5.84. The van der Waals surface area contributed by atoms with Crippen LogP contribution in [0.1, 0.15) is 11.7 Å². The molecule has 0 saturated carbocycles. The van der Waals surface area contributed by atoms with Gasteiger partial charge in [0.15, 0.2) is 0 Å². The van der Waals surface area contributed by atoms with Gasteiger partial charge in [0.25, 0.3) is 0 Å². The summed E-state index contributed by atoms with van der Waals surface area (Å²) in [5.74, 6) is 0.271. The average molecular weight is 560 g/mol. The molecule has 1 unspecified atom stereocenters. The normalized spacial score (nSPS) is 12.8. The van der Waals surface area contributed by atoms with Gasteiger partial charge in [-0.25, -0.2) is 8.42 Å². The highest BCUT2D eigenvalue weighted by Gasteiger charge is 2.31. The van der Waals surface area contributed by atoms with E-state index in [1.54, 1.807) is 42.5 Å². The fraction of sp³-hybridized carbons (Fsp3) is 0.250. The number of aromatic amines is 1. The van der Waals surface area contributed by atoms with E-state index in [9.17, 15) is 26.7 Å². The third-order valence-electron chi connectivity index (χ3n) is 5.24. The lowest BCUT2D eigenvalue weighted by Gasteiger charge is -2.14. The van der Waals surface area contributed by atoms with Gasteiger partial charge in [-0.1, -0.05) is 12.1 Å². The molecule has 13 heteroatoms. The van der Waals surface area contributed by atoms with E-state index in [4.69, 9.17) is 4.74 Å². The van der Waals surface area contributed by atoms with Gasteiger partial charge < -0.3 is 24.9 Å². The maximum absolute atomic E-state index is 12.5. The lowest BCUT2D eigenvalue weighted by atomic mass is 10.1. The number of anilines is 1. The van der Waals surface area contributed by atoms with E-state index in [1.807, 2.05) is 6.07 Å². The first-order valence-corrected chi connectivity index (χ1v) is 12.8. The second-order valence-electron chi connectivity index (χ2n) is 8.16. The molecule has 0 aliphatic carbocycles. The van der Waals surface area contributed by atoms with E-state index in [0.29, 0.717) is 41.2 Å². The van der Waals surface area contributed by atoms with Gasteiger partial charge in [0.2, 0.25) is 10.0 Å². The standard InChI is InChI=1S/C24H24F3N3O5S.ClH/c1-36(32,33)30-16-4-2-3-15(11-16)23(31)14-28-9-10-34-17-5-7-19-20-8-6-18(35-24(25,26)27)13-22(20)29-21(19)12-17;/h2-8,11-13,23,28-31H,9-10,14H2,1H3;1H. The van der Waals surface area contributed by atoms with Crippen molar-refractivity contribution in [3.05, 3.63) is 66.2 Å². The molecule has 1 aromatic heterocycles. The van der Waals surface area contributed by atoms with Crippen LogP contribution in [0.4, 0.5) is 18.9 Å². The molecule has 1 heterocycles. The molecule has 0 spiro atoms. The number of halogens is 4. The lowest BCUT2D eigenvalue weighted by molar-refractivity contribution is -0.274. The predicted molar refractivity (Wildman–Crippen MR) is 138 cm³/mol. The first-order valence-electron chi connectivity index (χ1n) is 10.9. The van der Waals surface area contributed by atoms with E-state index in [-0.39, 0.29) is 24.7 Å². The zero-order valence-electron chi connectivity index (χ0n) is 19.5. The third kappa shape index (κ3) is 7.89. The van der Waals surface area contributed by atoms with Crippen molar-refractivity contribution in [3.63, 3.8) is 0 Å². The van der Waals surface area contributed by atoms with Crippen LogP contribution < -0.4 is 19.5 Å². The number of aromatic nitrogens is 1. The quantitative estimate of drug-likeness (QED) is 0.209. The van der Waals surface area contributed by atoms with E-state index in [2.05, 4.69) is 19.8 Å². The summed E-state index contributed by atoms with van der Waals surface area (Å²) < 4.78 is 72.3. The highest BCUT2D eigenvalue weighted by molar-refractivity contribution is 7.92. The Labute approximate surface area is 217 Å². The van der Waals surface area contributed by atoms with Crippen LogP contribution in [0.25, 0.3) is 21.8 Å². The van der Waals surface area contributed by atoms with Gasteiger partial charge in [-0.3, -0.25) is 4.72 Å². The molecule has 200 valence electrons. The Morgan fingerprint density at radius 1 is 1.00 bits per heavy atom. The number of rotatable bonds is 10. The van der Waals surface area contributed by atoms with Crippen molar-refractivity contribution >= 4 is 49.9 Å². The summed E-state index contributed by atoms with van der Waals surface area (Å²) in [7, 11) is -3.41. The number of ether oxygens (including phenoxy) is 2. The lowest BCUT2D eigenvalue weighted by Crippen LogP contribution is -2.26. The minimum atomic E-state index is -4.76. The van der Waals surface area contributed by atoms with Crippen LogP contribution in [0, 0.1) is 0 Å². The highest BCUT2D eigenvalue weighted by Crippen LogP contribution is 2.32. The Morgan fingerprint density at radius 3 is 2.30 bits per heavy atom. The van der Waals surface area contributed by atoms with Crippen LogP contribution in [0.5, 0.6) is 11.5 Å². The molecule has 0 radical (unpaired) electrons. The van der Waals surface area contributed by atoms with E-state index in [0.717, 1.165) is 17.0 Å². The molecule has 0 bridgehead atoms. The number of hydrogen-bond acceptors (Lipinski definition) is 6. The second-order valence-corrected chi connectivity index (χ2v) is 9.90. The summed E-state index contributed by atoms with van der Waals surface area (Å²) in [6.45, 7) is 0.966. The SMILES string of the molecule is CS(=O)(=O)Nc1cccc(C(O)CNCCOc2ccc3c(c2)[nH]c2cc(OC(F)(F)F)ccc23)c1.Cl.